The minimum absolute atomic E-state index is 0.787. The molecule has 0 aliphatic heterocycles. The van der Waals surface area contributed by atoms with Crippen LogP contribution >= 0.6 is 11.8 Å². The fraction of sp³-hybridized carbons (Fsp3) is 0.545. The largest absolute Gasteiger partial charge is 0.345 e. The van der Waals surface area contributed by atoms with E-state index in [-0.39, 0.29) is 0 Å². The zero-order valence-electron chi connectivity index (χ0n) is 8.61. The van der Waals surface area contributed by atoms with Crippen LogP contribution in [0.1, 0.15) is 29.8 Å². The lowest BCUT2D eigenvalue weighted by Gasteiger charge is -2.04. The van der Waals surface area contributed by atoms with Gasteiger partial charge in [0.1, 0.15) is 0 Å². The van der Waals surface area contributed by atoms with Gasteiger partial charge in [-0.05, 0) is 37.0 Å². The summed E-state index contributed by atoms with van der Waals surface area (Å²) < 4.78 is 2.02. The van der Waals surface area contributed by atoms with E-state index >= 15 is 0 Å². The molecular formula is C11H17NOS. The molecule has 0 atom stereocenters. The number of carbonyl (C=O) groups excluding carboxylic acids is 1. The van der Waals surface area contributed by atoms with Crippen LogP contribution in [0.5, 0.6) is 0 Å². The molecule has 0 N–H and O–H groups in total. The first kappa shape index (κ1) is 11.4. The summed E-state index contributed by atoms with van der Waals surface area (Å²) in [5, 5.41) is 0. The Morgan fingerprint density at radius 2 is 2.29 bits per heavy atom. The molecule has 2 nitrogen and oxygen atoms in total. The number of unbranched alkanes of at least 4 members (excludes halogenated alkanes) is 2. The highest BCUT2D eigenvalue weighted by atomic mass is 32.2. The second-order valence-electron chi connectivity index (χ2n) is 3.30. The molecule has 0 aliphatic rings. The van der Waals surface area contributed by atoms with E-state index < -0.39 is 0 Å². The van der Waals surface area contributed by atoms with Crippen molar-refractivity contribution in [3.05, 3.63) is 24.0 Å². The minimum atomic E-state index is 0.787. The van der Waals surface area contributed by atoms with Gasteiger partial charge in [-0.15, -0.1) is 0 Å². The van der Waals surface area contributed by atoms with Crippen LogP contribution in [0.3, 0.4) is 0 Å². The highest BCUT2D eigenvalue weighted by Crippen LogP contribution is 2.06. The molecule has 1 rings (SSSR count). The molecule has 14 heavy (non-hydrogen) atoms. The van der Waals surface area contributed by atoms with Crippen molar-refractivity contribution in [2.24, 2.45) is 0 Å². The molecule has 0 saturated heterocycles. The molecule has 0 bridgehead atoms. The summed E-state index contributed by atoms with van der Waals surface area (Å²) in [5.41, 5.74) is 0.787. The van der Waals surface area contributed by atoms with Gasteiger partial charge in [0.2, 0.25) is 0 Å². The monoisotopic (exact) mass is 211 g/mol. The van der Waals surface area contributed by atoms with Crippen molar-refractivity contribution < 1.29 is 4.79 Å². The molecule has 0 unspecified atom stereocenters. The second kappa shape index (κ2) is 6.71. The molecule has 0 fully saturated rings. The molecule has 1 aromatic heterocycles. The van der Waals surface area contributed by atoms with Gasteiger partial charge in [0.05, 0.1) is 5.69 Å². The number of hydrogen-bond donors (Lipinski definition) is 0. The maximum Gasteiger partial charge on any atom is 0.166 e. The summed E-state index contributed by atoms with van der Waals surface area (Å²) in [4.78, 5) is 10.6. The van der Waals surface area contributed by atoms with E-state index in [1.807, 2.05) is 34.7 Å². The quantitative estimate of drug-likeness (QED) is 0.511. The Bertz CT molecular complexity index is 270. The van der Waals surface area contributed by atoms with Crippen LogP contribution in [0.15, 0.2) is 18.3 Å². The third kappa shape index (κ3) is 3.58. The van der Waals surface area contributed by atoms with Crippen LogP contribution in [0.2, 0.25) is 0 Å². The lowest BCUT2D eigenvalue weighted by atomic mass is 10.2. The van der Waals surface area contributed by atoms with Gasteiger partial charge in [0, 0.05) is 12.7 Å². The van der Waals surface area contributed by atoms with Gasteiger partial charge in [-0.2, -0.15) is 11.8 Å². The molecule has 0 spiro atoms. The van der Waals surface area contributed by atoms with Gasteiger partial charge in [-0.25, -0.2) is 0 Å². The summed E-state index contributed by atoms with van der Waals surface area (Å²) in [7, 11) is 0. The molecule has 3 heteroatoms. The standard InChI is InChI=1S/C11H17NOS/c1-14-9-4-2-3-7-12-8-5-6-11(12)10-13/h5-6,8,10H,2-4,7,9H2,1H3. The van der Waals surface area contributed by atoms with E-state index in [1.54, 1.807) is 0 Å². The van der Waals surface area contributed by atoms with Gasteiger partial charge in [-0.3, -0.25) is 4.79 Å². The van der Waals surface area contributed by atoms with E-state index in [4.69, 9.17) is 0 Å². The van der Waals surface area contributed by atoms with E-state index in [0.29, 0.717) is 0 Å². The Kier molecular flexibility index (Phi) is 5.45. The van der Waals surface area contributed by atoms with Crippen molar-refractivity contribution in [3.8, 4) is 0 Å². The minimum Gasteiger partial charge on any atom is -0.345 e. The number of rotatable bonds is 7. The lowest BCUT2D eigenvalue weighted by molar-refractivity contribution is 0.111. The summed E-state index contributed by atoms with van der Waals surface area (Å²) in [5.74, 6) is 1.24. The Labute approximate surface area is 89.7 Å². The molecular weight excluding hydrogens is 194 g/mol. The SMILES string of the molecule is CSCCCCCn1cccc1C=O. The van der Waals surface area contributed by atoms with Crippen molar-refractivity contribution in [3.63, 3.8) is 0 Å². The summed E-state index contributed by atoms with van der Waals surface area (Å²) in [6.07, 6.45) is 8.71. The van der Waals surface area contributed by atoms with Crippen molar-refractivity contribution in [1.29, 1.82) is 0 Å². The molecule has 78 valence electrons. The normalized spacial score (nSPS) is 10.4. The van der Waals surface area contributed by atoms with Crippen LogP contribution in [0, 0.1) is 0 Å². The number of carbonyl (C=O) groups is 1. The number of thioether (sulfide) groups is 1. The van der Waals surface area contributed by atoms with Crippen molar-refractivity contribution in [2.75, 3.05) is 12.0 Å². The van der Waals surface area contributed by atoms with Crippen LogP contribution in [-0.2, 0) is 6.54 Å². The van der Waals surface area contributed by atoms with Gasteiger partial charge in [0.25, 0.3) is 0 Å². The van der Waals surface area contributed by atoms with Crippen molar-refractivity contribution in [2.45, 2.75) is 25.8 Å². The number of hydrogen-bond acceptors (Lipinski definition) is 2. The molecule has 1 aromatic rings. The van der Waals surface area contributed by atoms with E-state index in [9.17, 15) is 4.79 Å². The van der Waals surface area contributed by atoms with Gasteiger partial charge >= 0.3 is 0 Å². The van der Waals surface area contributed by atoms with Crippen molar-refractivity contribution >= 4 is 18.0 Å². The Hall–Kier alpha value is -0.700. The van der Waals surface area contributed by atoms with E-state index in [0.717, 1.165) is 24.9 Å². The smallest absolute Gasteiger partial charge is 0.166 e. The van der Waals surface area contributed by atoms with Crippen LogP contribution < -0.4 is 0 Å². The fourth-order valence-corrected chi connectivity index (χ4v) is 1.94. The van der Waals surface area contributed by atoms with Crippen molar-refractivity contribution in [1.82, 2.24) is 4.57 Å². The first-order valence-corrected chi connectivity index (χ1v) is 6.37. The molecule has 0 aliphatic carbocycles. The summed E-state index contributed by atoms with van der Waals surface area (Å²) >= 11 is 1.89. The maximum absolute atomic E-state index is 10.6. The number of aryl methyl sites for hydroxylation is 1. The molecule has 0 aromatic carbocycles. The third-order valence-electron chi connectivity index (χ3n) is 2.23. The van der Waals surface area contributed by atoms with Gasteiger partial charge in [-0.1, -0.05) is 6.42 Å². The molecule has 0 saturated carbocycles. The summed E-state index contributed by atoms with van der Waals surface area (Å²) in [6.45, 7) is 0.968. The molecule has 1 heterocycles. The highest BCUT2D eigenvalue weighted by molar-refractivity contribution is 7.98. The summed E-state index contributed by atoms with van der Waals surface area (Å²) in [6, 6.07) is 3.78. The predicted molar refractivity (Wildman–Crippen MR) is 62.1 cm³/mol. The lowest BCUT2D eigenvalue weighted by Crippen LogP contribution is -2.00. The Morgan fingerprint density at radius 3 is 3.00 bits per heavy atom. The third-order valence-corrected chi connectivity index (χ3v) is 2.93. The van der Waals surface area contributed by atoms with E-state index in [2.05, 4.69) is 6.26 Å². The zero-order valence-corrected chi connectivity index (χ0v) is 9.43. The zero-order chi connectivity index (χ0) is 10.2. The van der Waals surface area contributed by atoms with Crippen LogP contribution in [-0.4, -0.2) is 22.9 Å². The molecule has 0 amide bonds. The van der Waals surface area contributed by atoms with Gasteiger partial charge in [0.15, 0.2) is 6.29 Å². The highest BCUT2D eigenvalue weighted by Gasteiger charge is 1.97. The van der Waals surface area contributed by atoms with Crippen LogP contribution in [0.25, 0.3) is 0 Å². The first-order valence-electron chi connectivity index (χ1n) is 4.97. The topological polar surface area (TPSA) is 22.0 Å². The number of nitrogens with zero attached hydrogens (tertiary/aromatic N) is 1. The maximum atomic E-state index is 10.6. The Balaban J connectivity index is 2.21. The van der Waals surface area contributed by atoms with Gasteiger partial charge < -0.3 is 4.57 Å². The fourth-order valence-electron chi connectivity index (χ4n) is 1.44. The number of aromatic nitrogens is 1. The predicted octanol–water partition coefficient (Wildman–Crippen LogP) is 2.83. The van der Waals surface area contributed by atoms with E-state index in [1.165, 1.54) is 18.6 Å². The Morgan fingerprint density at radius 1 is 1.43 bits per heavy atom. The number of aldehydes is 1. The average molecular weight is 211 g/mol. The molecule has 0 radical (unpaired) electrons. The average Bonchev–Trinajstić information content (AvgIpc) is 2.65. The first-order chi connectivity index (χ1) is 6.88. The second-order valence-corrected chi connectivity index (χ2v) is 4.28. The van der Waals surface area contributed by atoms with Crippen LogP contribution in [0.4, 0.5) is 0 Å².